The van der Waals surface area contributed by atoms with Crippen molar-refractivity contribution in [3.05, 3.63) is 58.2 Å². The smallest absolute Gasteiger partial charge is 0.354 e. The lowest BCUT2D eigenvalue weighted by Crippen LogP contribution is -2.37. The summed E-state index contributed by atoms with van der Waals surface area (Å²) < 4.78 is 23.3. The number of carbonyl (C=O) groups excluding carboxylic acids is 3. The van der Waals surface area contributed by atoms with Gasteiger partial charge in [-0.25, -0.2) is 9.18 Å². The number of aryl methyl sites for hydroxylation is 1. The van der Waals surface area contributed by atoms with Gasteiger partial charge in [-0.15, -0.1) is 0 Å². The lowest BCUT2D eigenvalue weighted by atomic mass is 10.0. The van der Waals surface area contributed by atoms with E-state index in [2.05, 4.69) is 4.98 Å². The molecule has 0 atom stereocenters. The fraction of sp³-hybridized carbons (Fsp3) is 0.409. The maximum atomic E-state index is 13.2. The van der Waals surface area contributed by atoms with Crippen molar-refractivity contribution in [3.63, 3.8) is 0 Å². The zero-order valence-corrected chi connectivity index (χ0v) is 17.7. The molecule has 8 heteroatoms. The Morgan fingerprint density at radius 3 is 2.40 bits per heavy atom. The molecule has 2 aromatic rings. The Hall–Kier alpha value is -3.00. The number of hydrogen-bond acceptors (Lipinski definition) is 5. The van der Waals surface area contributed by atoms with Gasteiger partial charge in [-0.2, -0.15) is 0 Å². The monoisotopic (exact) mass is 418 g/mol. The predicted molar refractivity (Wildman–Crippen MR) is 109 cm³/mol. The van der Waals surface area contributed by atoms with Gasteiger partial charge in [0.1, 0.15) is 11.5 Å². The van der Waals surface area contributed by atoms with E-state index in [1.54, 1.807) is 13.8 Å². The Labute approximate surface area is 175 Å². The number of carbonyl (C=O) groups is 3. The van der Waals surface area contributed by atoms with E-state index < -0.39 is 11.8 Å². The third-order valence-electron chi connectivity index (χ3n) is 4.74. The van der Waals surface area contributed by atoms with Gasteiger partial charge in [0, 0.05) is 36.6 Å². The first-order valence-corrected chi connectivity index (χ1v) is 9.73. The van der Waals surface area contributed by atoms with E-state index in [1.165, 1.54) is 36.3 Å². The highest BCUT2D eigenvalue weighted by Gasteiger charge is 2.25. The molecule has 162 valence electrons. The van der Waals surface area contributed by atoms with Crippen molar-refractivity contribution in [3.8, 4) is 0 Å². The van der Waals surface area contributed by atoms with Crippen LogP contribution >= 0.6 is 0 Å². The Kier molecular flexibility index (Phi) is 8.29. The zero-order chi connectivity index (χ0) is 22.3. The van der Waals surface area contributed by atoms with Crippen molar-refractivity contribution < 1.29 is 28.2 Å². The molecule has 1 N–H and O–H groups in total. The molecular weight excluding hydrogens is 391 g/mol. The van der Waals surface area contributed by atoms with Crippen LogP contribution in [0.25, 0.3) is 0 Å². The van der Waals surface area contributed by atoms with Crippen LogP contribution < -0.4 is 0 Å². The van der Waals surface area contributed by atoms with Gasteiger partial charge in [-0.3, -0.25) is 9.59 Å². The summed E-state index contributed by atoms with van der Waals surface area (Å²) in [5.74, 6) is -1.69. The second-order valence-electron chi connectivity index (χ2n) is 6.82. The van der Waals surface area contributed by atoms with Crippen LogP contribution in [0.15, 0.2) is 24.3 Å². The van der Waals surface area contributed by atoms with Crippen LogP contribution in [-0.2, 0) is 9.47 Å². The van der Waals surface area contributed by atoms with Crippen LogP contribution in [0.1, 0.15) is 55.8 Å². The van der Waals surface area contributed by atoms with Gasteiger partial charge < -0.3 is 19.4 Å². The number of aromatic amines is 1. The Morgan fingerprint density at radius 2 is 1.80 bits per heavy atom. The number of methoxy groups -OCH3 is 1. The summed E-state index contributed by atoms with van der Waals surface area (Å²) in [6.45, 7) is 6.35. The van der Waals surface area contributed by atoms with Gasteiger partial charge in [-0.1, -0.05) is 0 Å². The number of nitrogens with zero attached hydrogens (tertiary/aromatic N) is 1. The van der Waals surface area contributed by atoms with E-state index in [9.17, 15) is 18.8 Å². The number of amides is 1. The number of hydrogen-bond donors (Lipinski definition) is 1. The standard InChI is InChI=1S/C22H27FN2O5/c1-5-30-12-6-11-25(21(27)16-7-9-17(23)10-8-16)13-18(26)19-14(2)20(22(28)29-4)24-15(19)3/h7-10,24H,5-6,11-13H2,1-4H3. The lowest BCUT2D eigenvalue weighted by molar-refractivity contribution is 0.0593. The summed E-state index contributed by atoms with van der Waals surface area (Å²) >= 11 is 0. The molecule has 30 heavy (non-hydrogen) atoms. The summed E-state index contributed by atoms with van der Waals surface area (Å²) in [6, 6.07) is 5.19. The number of Topliss-reactive ketones (excluding diaryl/α,β-unsaturated/α-hetero) is 1. The third kappa shape index (κ3) is 5.54. The Morgan fingerprint density at radius 1 is 1.13 bits per heavy atom. The highest BCUT2D eigenvalue weighted by Crippen LogP contribution is 2.20. The maximum Gasteiger partial charge on any atom is 0.354 e. The molecule has 0 saturated carbocycles. The van der Waals surface area contributed by atoms with E-state index in [0.717, 1.165) is 0 Å². The molecule has 1 aromatic carbocycles. The number of aromatic nitrogens is 1. The summed E-state index contributed by atoms with van der Waals surface area (Å²) in [5.41, 5.74) is 1.87. The average Bonchev–Trinajstić information content (AvgIpc) is 3.03. The second kappa shape index (κ2) is 10.7. The van der Waals surface area contributed by atoms with Crippen LogP contribution in [0.3, 0.4) is 0 Å². The van der Waals surface area contributed by atoms with Gasteiger partial charge in [0.2, 0.25) is 0 Å². The largest absolute Gasteiger partial charge is 0.464 e. The van der Waals surface area contributed by atoms with Crippen molar-refractivity contribution in [1.29, 1.82) is 0 Å². The normalized spacial score (nSPS) is 10.7. The van der Waals surface area contributed by atoms with E-state index in [-0.39, 0.29) is 23.9 Å². The minimum Gasteiger partial charge on any atom is -0.464 e. The molecule has 0 radical (unpaired) electrons. The SMILES string of the molecule is CCOCCCN(CC(=O)c1c(C)[nH]c(C(=O)OC)c1C)C(=O)c1ccc(F)cc1. The van der Waals surface area contributed by atoms with Crippen molar-refractivity contribution in [2.75, 3.05) is 33.4 Å². The van der Waals surface area contributed by atoms with Crippen molar-refractivity contribution in [1.82, 2.24) is 9.88 Å². The number of ketones is 1. The molecule has 1 heterocycles. The lowest BCUT2D eigenvalue weighted by Gasteiger charge is -2.22. The van der Waals surface area contributed by atoms with Crippen LogP contribution in [0.2, 0.25) is 0 Å². The van der Waals surface area contributed by atoms with Crippen LogP contribution in [0.4, 0.5) is 4.39 Å². The average molecular weight is 418 g/mol. The molecule has 0 aliphatic heterocycles. The number of benzene rings is 1. The van der Waals surface area contributed by atoms with E-state index in [1.807, 2.05) is 6.92 Å². The number of rotatable bonds is 10. The molecular formula is C22H27FN2O5. The van der Waals surface area contributed by atoms with Gasteiger partial charge in [0.25, 0.3) is 5.91 Å². The molecule has 1 amide bonds. The second-order valence-corrected chi connectivity index (χ2v) is 6.82. The molecule has 0 bridgehead atoms. The Balaban J connectivity index is 2.25. The minimum absolute atomic E-state index is 0.178. The number of nitrogens with one attached hydrogen (secondary N) is 1. The highest BCUT2D eigenvalue weighted by atomic mass is 19.1. The number of esters is 1. The molecule has 7 nitrogen and oxygen atoms in total. The van der Waals surface area contributed by atoms with Crippen LogP contribution in [0.5, 0.6) is 0 Å². The van der Waals surface area contributed by atoms with Crippen LogP contribution in [0, 0.1) is 19.7 Å². The first-order chi connectivity index (χ1) is 14.3. The topological polar surface area (TPSA) is 88.7 Å². The zero-order valence-electron chi connectivity index (χ0n) is 17.7. The van der Waals surface area contributed by atoms with Crippen molar-refractivity contribution >= 4 is 17.7 Å². The van der Waals surface area contributed by atoms with E-state index in [0.29, 0.717) is 48.6 Å². The number of H-pyrrole nitrogens is 1. The molecule has 0 aliphatic rings. The minimum atomic E-state index is -0.564. The number of halogens is 1. The fourth-order valence-electron chi connectivity index (χ4n) is 3.26. The first kappa shape index (κ1) is 23.3. The third-order valence-corrected chi connectivity index (χ3v) is 4.74. The van der Waals surface area contributed by atoms with E-state index >= 15 is 0 Å². The first-order valence-electron chi connectivity index (χ1n) is 9.73. The molecule has 0 saturated heterocycles. The molecule has 0 unspecified atom stereocenters. The van der Waals surface area contributed by atoms with Gasteiger partial charge in [0.05, 0.1) is 13.7 Å². The van der Waals surface area contributed by atoms with Crippen molar-refractivity contribution in [2.45, 2.75) is 27.2 Å². The molecule has 2 rings (SSSR count). The van der Waals surface area contributed by atoms with Crippen LogP contribution in [-0.4, -0.2) is 61.0 Å². The van der Waals surface area contributed by atoms with Crippen molar-refractivity contribution in [2.24, 2.45) is 0 Å². The predicted octanol–water partition coefficient (Wildman–Crippen LogP) is 3.31. The molecule has 0 fully saturated rings. The molecule has 0 spiro atoms. The summed E-state index contributed by atoms with van der Waals surface area (Å²) in [4.78, 5) is 42.2. The summed E-state index contributed by atoms with van der Waals surface area (Å²) in [6.07, 6.45) is 0.548. The fourth-order valence-corrected chi connectivity index (χ4v) is 3.26. The molecule has 1 aromatic heterocycles. The van der Waals surface area contributed by atoms with Gasteiger partial charge in [-0.05, 0) is 57.0 Å². The highest BCUT2D eigenvalue weighted by molar-refractivity contribution is 6.05. The maximum absolute atomic E-state index is 13.2. The quantitative estimate of drug-likeness (QED) is 0.363. The van der Waals surface area contributed by atoms with Gasteiger partial charge >= 0.3 is 5.97 Å². The van der Waals surface area contributed by atoms with E-state index in [4.69, 9.17) is 9.47 Å². The number of ether oxygens (including phenoxy) is 2. The summed E-state index contributed by atoms with van der Waals surface area (Å²) in [7, 11) is 1.26. The van der Waals surface area contributed by atoms with Gasteiger partial charge in [0.15, 0.2) is 5.78 Å². The summed E-state index contributed by atoms with van der Waals surface area (Å²) in [5, 5.41) is 0. The Bertz CT molecular complexity index is 905. The molecule has 0 aliphatic carbocycles.